The minimum Gasteiger partial charge on any atom is -0.327 e. The van der Waals surface area contributed by atoms with E-state index < -0.39 is 0 Å². The molecule has 0 aliphatic heterocycles. The van der Waals surface area contributed by atoms with Gasteiger partial charge in [0.05, 0.1) is 11.4 Å². The van der Waals surface area contributed by atoms with Crippen LogP contribution in [0.15, 0.2) is 24.3 Å². The van der Waals surface area contributed by atoms with Crippen molar-refractivity contribution in [3.8, 4) is 5.69 Å². The van der Waals surface area contributed by atoms with E-state index in [1.54, 1.807) is 0 Å². The highest BCUT2D eigenvalue weighted by molar-refractivity contribution is 7.71. The molecule has 4 nitrogen and oxygen atoms in total. The number of nitrogens with one attached hydrogen (secondary N) is 1. The Hall–Kier alpha value is -1.88. The van der Waals surface area contributed by atoms with Gasteiger partial charge in [0, 0.05) is 7.05 Å². The first-order chi connectivity index (χ1) is 9.61. The molecule has 0 aliphatic rings. The van der Waals surface area contributed by atoms with Crippen LogP contribution in [-0.2, 0) is 13.5 Å². The first-order valence-electron chi connectivity index (χ1n) is 6.85. The predicted molar refractivity (Wildman–Crippen MR) is 84.0 cm³/mol. The van der Waals surface area contributed by atoms with Crippen LogP contribution in [0.5, 0.6) is 0 Å². The van der Waals surface area contributed by atoms with Crippen molar-refractivity contribution in [1.29, 1.82) is 0 Å². The molecule has 5 heteroatoms. The molecule has 0 spiro atoms. The lowest BCUT2D eigenvalue weighted by Crippen LogP contribution is -2.01. The lowest BCUT2D eigenvalue weighted by atomic mass is 10.2. The van der Waals surface area contributed by atoms with Crippen LogP contribution in [-0.4, -0.2) is 19.3 Å². The van der Waals surface area contributed by atoms with Gasteiger partial charge in [0.15, 0.2) is 10.4 Å². The van der Waals surface area contributed by atoms with E-state index >= 15 is 0 Å². The molecule has 0 amide bonds. The smallest absolute Gasteiger partial charge is 0.184 e. The van der Waals surface area contributed by atoms with Crippen LogP contribution in [0.25, 0.3) is 16.9 Å². The van der Waals surface area contributed by atoms with Crippen molar-refractivity contribution >= 4 is 23.4 Å². The zero-order valence-electron chi connectivity index (χ0n) is 12.0. The summed E-state index contributed by atoms with van der Waals surface area (Å²) in [6, 6.07) is 8.34. The second-order valence-corrected chi connectivity index (χ2v) is 5.51. The molecule has 0 saturated carbocycles. The number of aromatic amines is 1. The Morgan fingerprint density at radius 3 is 2.85 bits per heavy atom. The SMILES string of the molecule is CCCc1nn(C)c2c1[nH]c(=S)n2-c1cccc(C)c1. The van der Waals surface area contributed by atoms with Crippen molar-refractivity contribution in [2.45, 2.75) is 26.7 Å². The fraction of sp³-hybridized carbons (Fsp3) is 0.333. The second kappa shape index (κ2) is 4.90. The lowest BCUT2D eigenvalue weighted by Gasteiger charge is -2.05. The number of hydrogen-bond acceptors (Lipinski definition) is 2. The van der Waals surface area contributed by atoms with Gasteiger partial charge in [0.25, 0.3) is 0 Å². The Morgan fingerprint density at radius 2 is 2.15 bits per heavy atom. The van der Waals surface area contributed by atoms with E-state index in [9.17, 15) is 0 Å². The molecule has 3 aromatic rings. The highest BCUT2D eigenvalue weighted by Gasteiger charge is 2.15. The van der Waals surface area contributed by atoms with Gasteiger partial charge in [-0.25, -0.2) is 4.68 Å². The number of H-pyrrole nitrogens is 1. The number of nitrogens with zero attached hydrogens (tertiary/aromatic N) is 3. The van der Waals surface area contributed by atoms with Crippen LogP contribution < -0.4 is 0 Å². The molecular formula is C15H18N4S. The summed E-state index contributed by atoms with van der Waals surface area (Å²) in [7, 11) is 1.97. The Balaban J connectivity index is 2.31. The van der Waals surface area contributed by atoms with Gasteiger partial charge in [0.1, 0.15) is 5.52 Å². The molecule has 0 radical (unpaired) electrons. The van der Waals surface area contributed by atoms with Gasteiger partial charge in [-0.1, -0.05) is 25.5 Å². The Bertz CT molecular complexity index is 822. The number of hydrogen-bond donors (Lipinski definition) is 1. The summed E-state index contributed by atoms with van der Waals surface area (Å²) < 4.78 is 4.69. The topological polar surface area (TPSA) is 38.5 Å². The maximum Gasteiger partial charge on any atom is 0.184 e. The molecule has 2 heterocycles. The summed E-state index contributed by atoms with van der Waals surface area (Å²) in [4.78, 5) is 3.31. The van der Waals surface area contributed by atoms with Crippen molar-refractivity contribution in [2.75, 3.05) is 0 Å². The van der Waals surface area contributed by atoms with E-state index in [1.807, 2.05) is 11.7 Å². The van der Waals surface area contributed by atoms with E-state index in [-0.39, 0.29) is 0 Å². The van der Waals surface area contributed by atoms with Crippen LogP contribution in [0.3, 0.4) is 0 Å². The molecule has 0 aliphatic carbocycles. The van der Waals surface area contributed by atoms with Crippen molar-refractivity contribution in [3.63, 3.8) is 0 Å². The number of aromatic nitrogens is 4. The molecule has 0 saturated heterocycles. The molecule has 104 valence electrons. The summed E-state index contributed by atoms with van der Waals surface area (Å²) in [6.07, 6.45) is 2.03. The van der Waals surface area contributed by atoms with Crippen molar-refractivity contribution in [2.24, 2.45) is 7.05 Å². The van der Waals surface area contributed by atoms with Crippen molar-refractivity contribution in [3.05, 3.63) is 40.3 Å². The van der Waals surface area contributed by atoms with Gasteiger partial charge in [-0.15, -0.1) is 0 Å². The largest absolute Gasteiger partial charge is 0.327 e. The van der Waals surface area contributed by atoms with Gasteiger partial charge >= 0.3 is 0 Å². The summed E-state index contributed by atoms with van der Waals surface area (Å²) in [5.41, 5.74) is 5.47. The van der Waals surface area contributed by atoms with Crippen LogP contribution in [0, 0.1) is 11.7 Å². The number of fused-ring (bicyclic) bond motifs is 1. The summed E-state index contributed by atoms with van der Waals surface area (Å²) in [6.45, 7) is 4.25. The Labute approximate surface area is 123 Å². The normalized spacial score (nSPS) is 11.3. The monoisotopic (exact) mass is 286 g/mol. The van der Waals surface area contributed by atoms with Crippen LogP contribution in [0.4, 0.5) is 0 Å². The molecule has 0 fully saturated rings. The second-order valence-electron chi connectivity index (χ2n) is 5.12. The highest BCUT2D eigenvalue weighted by Crippen LogP contribution is 2.23. The standard InChI is InChI=1S/C15H18N4S/c1-4-6-12-13-14(18(3)17-12)19(15(20)16-13)11-8-5-7-10(2)9-11/h5,7-9H,4,6H2,1-3H3,(H,16,20). The first-order valence-corrected chi connectivity index (χ1v) is 7.26. The fourth-order valence-corrected chi connectivity index (χ4v) is 2.93. The average molecular weight is 286 g/mol. The number of rotatable bonds is 3. The minimum atomic E-state index is 0.718. The third-order valence-corrected chi connectivity index (χ3v) is 3.77. The van der Waals surface area contributed by atoms with Crippen LogP contribution in [0.1, 0.15) is 24.6 Å². The van der Waals surface area contributed by atoms with Gasteiger partial charge in [-0.05, 0) is 43.3 Å². The fourth-order valence-electron chi connectivity index (χ4n) is 2.63. The third-order valence-electron chi connectivity index (χ3n) is 3.48. The lowest BCUT2D eigenvalue weighted by molar-refractivity contribution is 0.735. The molecule has 0 bridgehead atoms. The molecule has 2 aromatic heterocycles. The van der Waals surface area contributed by atoms with Gasteiger partial charge in [-0.2, -0.15) is 5.10 Å². The van der Waals surface area contributed by atoms with Crippen LogP contribution >= 0.6 is 12.2 Å². The maximum atomic E-state index is 5.50. The van der Waals surface area contributed by atoms with E-state index in [4.69, 9.17) is 12.2 Å². The molecule has 1 N–H and O–H groups in total. The van der Waals surface area contributed by atoms with E-state index in [1.165, 1.54) is 5.56 Å². The van der Waals surface area contributed by atoms with E-state index in [0.29, 0.717) is 0 Å². The summed E-state index contributed by atoms with van der Waals surface area (Å²) in [5.74, 6) is 0. The van der Waals surface area contributed by atoms with E-state index in [0.717, 1.165) is 40.2 Å². The predicted octanol–water partition coefficient (Wildman–Crippen LogP) is 3.68. The van der Waals surface area contributed by atoms with Crippen molar-refractivity contribution in [1.82, 2.24) is 19.3 Å². The maximum absolute atomic E-state index is 5.50. The zero-order valence-corrected chi connectivity index (χ0v) is 12.8. The molecule has 1 aromatic carbocycles. The summed E-state index contributed by atoms with van der Waals surface area (Å²) in [5, 5.41) is 4.61. The Morgan fingerprint density at radius 1 is 1.35 bits per heavy atom. The van der Waals surface area contributed by atoms with Gasteiger partial charge in [-0.3, -0.25) is 4.57 Å². The summed E-state index contributed by atoms with van der Waals surface area (Å²) >= 11 is 5.50. The highest BCUT2D eigenvalue weighted by atomic mass is 32.1. The van der Waals surface area contributed by atoms with Crippen molar-refractivity contribution < 1.29 is 0 Å². The average Bonchev–Trinajstić information content (AvgIpc) is 2.88. The number of aryl methyl sites for hydroxylation is 3. The van der Waals surface area contributed by atoms with E-state index in [2.05, 4.69) is 52.8 Å². The third kappa shape index (κ3) is 1.98. The number of imidazole rings is 1. The molecule has 20 heavy (non-hydrogen) atoms. The minimum absolute atomic E-state index is 0.718. The quantitative estimate of drug-likeness (QED) is 0.746. The molecule has 3 rings (SSSR count). The van der Waals surface area contributed by atoms with Crippen LogP contribution in [0.2, 0.25) is 0 Å². The Kier molecular flexibility index (Phi) is 3.22. The molecular weight excluding hydrogens is 268 g/mol. The molecule has 0 unspecified atom stereocenters. The molecule has 0 atom stereocenters. The van der Waals surface area contributed by atoms with Gasteiger partial charge in [0.2, 0.25) is 0 Å². The van der Waals surface area contributed by atoms with Gasteiger partial charge < -0.3 is 4.98 Å². The number of benzene rings is 1. The first kappa shape index (κ1) is 13.1. The zero-order chi connectivity index (χ0) is 14.3.